The molecule has 3 aromatic heterocycles. The third-order valence-corrected chi connectivity index (χ3v) is 4.52. The smallest absolute Gasteiger partial charge is 0.214 e. The first-order valence-corrected chi connectivity index (χ1v) is 8.29. The van der Waals surface area contributed by atoms with Gasteiger partial charge in [0.1, 0.15) is 11.5 Å². The number of benzene rings is 1. The average Bonchev–Trinajstić information content (AvgIpc) is 3.20. The summed E-state index contributed by atoms with van der Waals surface area (Å²) in [7, 11) is 0. The first kappa shape index (κ1) is 14.8. The van der Waals surface area contributed by atoms with E-state index >= 15 is 0 Å². The van der Waals surface area contributed by atoms with Crippen LogP contribution in [0.15, 0.2) is 53.9 Å². The molecule has 4 aromatic rings. The first-order valence-electron chi connectivity index (χ1n) is 7.31. The maximum absolute atomic E-state index is 13.4. The van der Waals surface area contributed by atoms with E-state index in [4.69, 9.17) is 0 Å². The molecule has 1 aromatic carbocycles. The second-order valence-electron chi connectivity index (χ2n) is 5.30. The summed E-state index contributed by atoms with van der Waals surface area (Å²) in [5, 5.41) is 12.2. The number of rotatable bonds is 4. The number of hydrogen-bond acceptors (Lipinski definition) is 5. The summed E-state index contributed by atoms with van der Waals surface area (Å²) in [4.78, 5) is 4.63. The van der Waals surface area contributed by atoms with E-state index in [1.165, 1.54) is 28.6 Å². The Morgan fingerprint density at radius 3 is 2.96 bits per heavy atom. The molecule has 0 aliphatic carbocycles. The largest absolute Gasteiger partial charge is 0.307 e. The van der Waals surface area contributed by atoms with Crippen LogP contribution in [0, 0.1) is 12.7 Å². The van der Waals surface area contributed by atoms with Gasteiger partial charge in [-0.1, -0.05) is 23.9 Å². The van der Waals surface area contributed by atoms with Crippen molar-refractivity contribution in [2.75, 3.05) is 0 Å². The van der Waals surface area contributed by atoms with Crippen molar-refractivity contribution in [2.45, 2.75) is 17.8 Å². The van der Waals surface area contributed by atoms with E-state index in [0.29, 0.717) is 16.6 Å². The molecule has 120 valence electrons. The van der Waals surface area contributed by atoms with E-state index in [1.54, 1.807) is 12.1 Å². The number of thioether (sulfide) groups is 1. The number of hydrogen-bond donors (Lipinski definition) is 0. The molecule has 0 saturated heterocycles. The van der Waals surface area contributed by atoms with Crippen molar-refractivity contribution < 1.29 is 4.39 Å². The fraction of sp³-hybridized carbons (Fsp3) is 0.125. The van der Waals surface area contributed by atoms with Crippen molar-refractivity contribution in [1.82, 2.24) is 29.6 Å². The van der Waals surface area contributed by atoms with Crippen LogP contribution in [0.5, 0.6) is 0 Å². The highest BCUT2D eigenvalue weighted by molar-refractivity contribution is 7.98. The Labute approximate surface area is 141 Å². The molecule has 0 aliphatic heterocycles. The second-order valence-corrected chi connectivity index (χ2v) is 6.24. The van der Waals surface area contributed by atoms with E-state index in [9.17, 15) is 4.39 Å². The lowest BCUT2D eigenvalue weighted by Gasteiger charge is -2.03. The SMILES string of the molecule is Cc1cccn2cc(CSc3nnnn3-c3cccc(F)c3)nc12. The minimum absolute atomic E-state index is 0.324. The summed E-state index contributed by atoms with van der Waals surface area (Å²) in [6.07, 6.45) is 3.96. The zero-order chi connectivity index (χ0) is 16.5. The van der Waals surface area contributed by atoms with E-state index in [2.05, 4.69) is 20.5 Å². The minimum Gasteiger partial charge on any atom is -0.307 e. The summed E-state index contributed by atoms with van der Waals surface area (Å²) in [5.74, 6) is 0.298. The van der Waals surface area contributed by atoms with Crippen LogP contribution >= 0.6 is 11.8 Å². The Bertz CT molecular complexity index is 1010. The highest BCUT2D eigenvalue weighted by Gasteiger charge is 2.11. The first-order chi connectivity index (χ1) is 11.7. The standard InChI is InChI=1S/C16H13FN6S/c1-11-4-3-7-22-9-13(18-15(11)22)10-24-16-19-20-21-23(16)14-6-2-5-12(17)8-14/h2-9H,10H2,1H3. The highest BCUT2D eigenvalue weighted by Crippen LogP contribution is 2.23. The van der Waals surface area contributed by atoms with Crippen LogP contribution in [0.2, 0.25) is 0 Å². The molecule has 0 unspecified atom stereocenters. The number of tetrazole rings is 1. The number of aryl methyl sites for hydroxylation is 1. The van der Waals surface area contributed by atoms with Gasteiger partial charge in [-0.3, -0.25) is 0 Å². The van der Waals surface area contributed by atoms with E-state index in [0.717, 1.165) is 16.9 Å². The molecular weight excluding hydrogens is 327 g/mol. The molecule has 3 heterocycles. The van der Waals surface area contributed by atoms with Crippen LogP contribution in [0.25, 0.3) is 11.3 Å². The molecule has 0 bridgehead atoms. The number of fused-ring (bicyclic) bond motifs is 1. The van der Waals surface area contributed by atoms with Crippen molar-refractivity contribution in [3.05, 3.63) is 65.9 Å². The third-order valence-electron chi connectivity index (χ3n) is 3.57. The maximum Gasteiger partial charge on any atom is 0.214 e. The summed E-state index contributed by atoms with van der Waals surface area (Å²) >= 11 is 1.46. The van der Waals surface area contributed by atoms with Gasteiger partial charge in [0, 0.05) is 18.1 Å². The summed E-state index contributed by atoms with van der Waals surface area (Å²) < 4.78 is 16.9. The normalized spacial score (nSPS) is 11.2. The van der Waals surface area contributed by atoms with Crippen LogP contribution < -0.4 is 0 Å². The van der Waals surface area contributed by atoms with Gasteiger partial charge in [0.05, 0.1) is 11.4 Å². The summed E-state index contributed by atoms with van der Waals surface area (Å²) in [6.45, 7) is 2.03. The van der Waals surface area contributed by atoms with E-state index in [-0.39, 0.29) is 5.82 Å². The zero-order valence-electron chi connectivity index (χ0n) is 12.8. The third kappa shape index (κ3) is 2.76. The predicted octanol–water partition coefficient (Wildman–Crippen LogP) is 3.05. The van der Waals surface area contributed by atoms with Crippen molar-refractivity contribution in [2.24, 2.45) is 0 Å². The van der Waals surface area contributed by atoms with Gasteiger partial charge in [-0.15, -0.1) is 5.10 Å². The van der Waals surface area contributed by atoms with E-state index < -0.39 is 0 Å². The molecule has 8 heteroatoms. The molecule has 0 radical (unpaired) electrons. The fourth-order valence-corrected chi connectivity index (χ4v) is 3.23. The van der Waals surface area contributed by atoms with Gasteiger partial charge in [-0.2, -0.15) is 4.68 Å². The lowest BCUT2D eigenvalue weighted by Crippen LogP contribution is -1.99. The van der Waals surface area contributed by atoms with Crippen LogP contribution in [0.3, 0.4) is 0 Å². The molecule has 0 amide bonds. The molecule has 0 spiro atoms. The Hall–Kier alpha value is -2.74. The molecule has 0 saturated carbocycles. The lowest BCUT2D eigenvalue weighted by atomic mass is 10.3. The molecule has 0 atom stereocenters. The van der Waals surface area contributed by atoms with Gasteiger partial charge < -0.3 is 4.40 Å². The monoisotopic (exact) mass is 340 g/mol. The Kier molecular flexibility index (Phi) is 3.73. The lowest BCUT2D eigenvalue weighted by molar-refractivity contribution is 0.623. The van der Waals surface area contributed by atoms with Crippen LogP contribution in [-0.4, -0.2) is 29.6 Å². The minimum atomic E-state index is -0.324. The molecule has 0 aliphatic rings. The molecule has 24 heavy (non-hydrogen) atoms. The summed E-state index contributed by atoms with van der Waals surface area (Å²) in [6, 6.07) is 10.2. The number of aromatic nitrogens is 6. The quantitative estimate of drug-likeness (QED) is 0.534. The number of nitrogens with zero attached hydrogens (tertiary/aromatic N) is 6. The maximum atomic E-state index is 13.4. The van der Waals surface area contributed by atoms with Gasteiger partial charge in [-0.25, -0.2) is 9.37 Å². The highest BCUT2D eigenvalue weighted by atomic mass is 32.2. The topological polar surface area (TPSA) is 60.9 Å². The average molecular weight is 340 g/mol. The van der Waals surface area contributed by atoms with Crippen molar-refractivity contribution in [3.8, 4) is 5.69 Å². The molecule has 0 N–H and O–H groups in total. The Morgan fingerprint density at radius 1 is 1.21 bits per heavy atom. The number of imidazole rings is 1. The Morgan fingerprint density at radius 2 is 2.12 bits per heavy atom. The van der Waals surface area contributed by atoms with Gasteiger partial charge in [0.25, 0.3) is 0 Å². The van der Waals surface area contributed by atoms with E-state index in [1.807, 2.05) is 35.9 Å². The van der Waals surface area contributed by atoms with Gasteiger partial charge in [0.2, 0.25) is 5.16 Å². The summed E-state index contributed by atoms with van der Waals surface area (Å²) in [5.41, 5.74) is 3.59. The molecule has 4 rings (SSSR count). The Balaban J connectivity index is 1.58. The molecule has 6 nitrogen and oxygen atoms in total. The predicted molar refractivity (Wildman–Crippen MR) is 88.6 cm³/mol. The number of halogens is 1. The van der Waals surface area contributed by atoms with Gasteiger partial charge in [-0.05, 0) is 47.2 Å². The molecule has 0 fully saturated rings. The number of pyridine rings is 1. The van der Waals surface area contributed by atoms with Crippen molar-refractivity contribution >= 4 is 17.4 Å². The van der Waals surface area contributed by atoms with Gasteiger partial charge >= 0.3 is 0 Å². The fourth-order valence-electron chi connectivity index (χ4n) is 2.45. The van der Waals surface area contributed by atoms with Crippen LogP contribution in [0.4, 0.5) is 4.39 Å². The zero-order valence-corrected chi connectivity index (χ0v) is 13.6. The van der Waals surface area contributed by atoms with Crippen LogP contribution in [0.1, 0.15) is 11.3 Å². The van der Waals surface area contributed by atoms with Crippen LogP contribution in [-0.2, 0) is 5.75 Å². The van der Waals surface area contributed by atoms with Crippen molar-refractivity contribution in [1.29, 1.82) is 0 Å². The molecular formula is C16H13FN6S. The van der Waals surface area contributed by atoms with Crippen molar-refractivity contribution in [3.63, 3.8) is 0 Å². The van der Waals surface area contributed by atoms with Gasteiger partial charge in [0.15, 0.2) is 0 Å². The second kappa shape index (κ2) is 6.04.